The average Bonchev–Trinajstić information content (AvgIpc) is 3.02. The van der Waals surface area contributed by atoms with Crippen LogP contribution in [0.4, 0.5) is 0 Å². The number of hydrogen-bond acceptors (Lipinski definition) is 17. The molecule has 0 saturated heterocycles. The summed E-state index contributed by atoms with van der Waals surface area (Å²) in [6.07, 6.45) is 2.93. The number of aliphatic hydroxyl groups excluding tert-OH is 3. The van der Waals surface area contributed by atoms with Gasteiger partial charge in [-0.1, -0.05) is 45.6 Å². The van der Waals surface area contributed by atoms with E-state index < -0.39 is 35.9 Å². The largest absolute Gasteiger partial charge is 0.539 e. The minimum atomic E-state index is -4.07. The Morgan fingerprint density at radius 3 is 1.78 bits per heavy atom. The summed E-state index contributed by atoms with van der Waals surface area (Å²) >= 11 is 0. The number of nitrogens with zero attached hydrogens (tertiary/aromatic N) is 2. The molecule has 0 spiro atoms. The number of aliphatic hydroxyl groups is 3. The van der Waals surface area contributed by atoms with Crippen LogP contribution in [0.3, 0.4) is 0 Å². The number of ether oxygens (including phenoxy) is 3. The molecule has 0 aromatic carbocycles. The van der Waals surface area contributed by atoms with Gasteiger partial charge in [0.25, 0.3) is 8.80 Å². The second kappa shape index (κ2) is 31.1. The summed E-state index contributed by atoms with van der Waals surface area (Å²) in [5.74, 6) is 0.493. The Bertz CT molecular complexity index is 762. The van der Waals surface area contributed by atoms with Crippen molar-refractivity contribution in [2.75, 3.05) is 112 Å². The van der Waals surface area contributed by atoms with Crippen molar-refractivity contribution in [1.29, 1.82) is 0 Å². The lowest BCUT2D eigenvalue weighted by Gasteiger charge is -2.27. The fourth-order valence-corrected chi connectivity index (χ4v) is 6.40. The van der Waals surface area contributed by atoms with Crippen molar-refractivity contribution in [2.45, 2.75) is 82.8 Å². The highest BCUT2D eigenvalue weighted by atomic mass is 28.4. The maximum absolute atomic E-state index is 10.8. The molecule has 19 heteroatoms. The second-order valence-corrected chi connectivity index (χ2v) is 17.3. The molecule has 303 valence electrons. The molecule has 4 atom stereocenters. The van der Waals surface area contributed by atoms with Gasteiger partial charge in [-0.3, -0.25) is 9.80 Å². The van der Waals surface area contributed by atoms with Crippen molar-refractivity contribution in [2.24, 2.45) is 11.7 Å². The number of nitrogens with one attached hydrogen (secondary N) is 2. The zero-order chi connectivity index (χ0) is 37.7. The lowest BCUT2D eigenvalue weighted by atomic mass is 10.0. The number of rotatable bonds is 37. The van der Waals surface area contributed by atoms with E-state index in [9.17, 15) is 15.3 Å². The Morgan fingerprint density at radius 1 is 0.700 bits per heavy atom. The Kier molecular flexibility index (Phi) is 31.0. The summed E-state index contributed by atoms with van der Waals surface area (Å²) in [7, 11) is -8.14. The summed E-state index contributed by atoms with van der Waals surface area (Å²) in [6, 6.07) is -0.221. The van der Waals surface area contributed by atoms with Crippen LogP contribution in [0.1, 0.15) is 52.4 Å². The molecule has 0 aromatic rings. The molecular formula is C31H73N5O12Si2-. The van der Waals surface area contributed by atoms with Crippen LogP contribution in [0, 0.1) is 5.92 Å². The molecule has 0 bridgehead atoms. The fourth-order valence-electron chi connectivity index (χ4n) is 5.17. The SMILES string of the molecule is CCCCC(CC)COCC(O)CN(CCNCCN(CCN)CC(O)COCCC[Si](O)(O)O)CCNCC(O)COCCC[Si-](O)(O)O. The third-order valence-electron chi connectivity index (χ3n) is 8.01. The van der Waals surface area contributed by atoms with Crippen molar-refractivity contribution in [3.05, 3.63) is 0 Å². The molecule has 0 aliphatic rings. The Balaban J connectivity index is 4.68. The number of unbranched alkanes of at least 4 members (excludes halogenated alkanes) is 1. The fraction of sp³-hybridized carbons (Fsp3) is 1.00. The van der Waals surface area contributed by atoms with Crippen molar-refractivity contribution < 1.29 is 58.3 Å². The van der Waals surface area contributed by atoms with Crippen LogP contribution in [0.25, 0.3) is 0 Å². The average molecular weight is 764 g/mol. The highest BCUT2D eigenvalue weighted by Crippen LogP contribution is 2.13. The molecule has 13 N–H and O–H groups in total. The molecule has 17 nitrogen and oxygen atoms in total. The van der Waals surface area contributed by atoms with Gasteiger partial charge >= 0.3 is 8.80 Å². The third kappa shape index (κ3) is 33.6. The summed E-state index contributed by atoms with van der Waals surface area (Å²) < 4.78 is 16.6. The van der Waals surface area contributed by atoms with E-state index in [0.717, 1.165) is 19.3 Å². The van der Waals surface area contributed by atoms with Crippen LogP contribution in [-0.2, 0) is 14.2 Å². The van der Waals surface area contributed by atoms with Gasteiger partial charge in [-0.25, -0.2) is 0 Å². The van der Waals surface area contributed by atoms with Gasteiger partial charge < -0.3 is 74.7 Å². The van der Waals surface area contributed by atoms with Crippen LogP contribution in [0.15, 0.2) is 0 Å². The Morgan fingerprint density at radius 2 is 1.24 bits per heavy atom. The van der Waals surface area contributed by atoms with E-state index in [4.69, 9.17) is 48.7 Å². The minimum absolute atomic E-state index is 0.0808. The molecule has 0 rings (SSSR count). The zero-order valence-corrected chi connectivity index (χ0v) is 32.7. The van der Waals surface area contributed by atoms with Gasteiger partial charge in [-0.2, -0.15) is 0 Å². The number of hydrogen-bond donors (Lipinski definition) is 12. The predicted molar refractivity (Wildman–Crippen MR) is 195 cm³/mol. The molecule has 0 fully saturated rings. The lowest BCUT2D eigenvalue weighted by Crippen LogP contribution is -2.45. The Hall–Kier alpha value is -0.246. The summed E-state index contributed by atoms with van der Waals surface area (Å²) in [5.41, 5.74) is 5.77. The van der Waals surface area contributed by atoms with Crippen LogP contribution in [0.2, 0.25) is 12.1 Å². The molecular weight excluding hydrogens is 691 g/mol. The van der Waals surface area contributed by atoms with Crippen molar-refractivity contribution in [3.63, 3.8) is 0 Å². The quantitative estimate of drug-likeness (QED) is 0.0218. The van der Waals surface area contributed by atoms with Crippen molar-refractivity contribution in [1.82, 2.24) is 20.4 Å². The maximum atomic E-state index is 10.8. The van der Waals surface area contributed by atoms with Gasteiger partial charge in [0, 0.05) is 97.9 Å². The van der Waals surface area contributed by atoms with E-state index >= 15 is 0 Å². The highest BCUT2D eigenvalue weighted by Gasteiger charge is 2.25. The molecule has 0 heterocycles. The Labute approximate surface area is 302 Å². The first-order valence-electron chi connectivity index (χ1n) is 18.4. The van der Waals surface area contributed by atoms with Gasteiger partial charge in [0.05, 0.1) is 38.1 Å². The standard InChI is InChI=1S/C31H73N5O12Si2/c1-3-5-8-28(4-2)24-48-27-31(39)23-36(16-12-34-21-29(37)25-46-17-6-19-49(40,41)42)15-11-33-10-14-35(13-9-32)22-30(38)26-47-18-7-20-50(43,44)45/h28-31,33-34,37-45H,3-27,32H2,1-2H3/q-1. The molecule has 4 unspecified atom stereocenters. The van der Waals surface area contributed by atoms with Gasteiger partial charge in [0.2, 0.25) is 0 Å². The van der Waals surface area contributed by atoms with Crippen molar-refractivity contribution >= 4 is 17.6 Å². The van der Waals surface area contributed by atoms with Gasteiger partial charge in [0.1, 0.15) is 0 Å². The summed E-state index contributed by atoms with van der Waals surface area (Å²) in [6.45, 7) is 11.8. The van der Waals surface area contributed by atoms with E-state index in [1.165, 1.54) is 6.42 Å². The summed E-state index contributed by atoms with van der Waals surface area (Å²) in [5, 5.41) is 38.0. The molecule has 0 radical (unpaired) electrons. The lowest BCUT2D eigenvalue weighted by molar-refractivity contribution is 0.00285. The molecule has 50 heavy (non-hydrogen) atoms. The third-order valence-corrected chi connectivity index (χ3v) is 10.1. The summed E-state index contributed by atoms with van der Waals surface area (Å²) in [4.78, 5) is 58.5. The van der Waals surface area contributed by atoms with Crippen molar-refractivity contribution in [3.8, 4) is 0 Å². The zero-order valence-electron chi connectivity index (χ0n) is 30.7. The number of nitrogens with two attached hydrogens (primary N) is 1. The first-order valence-corrected chi connectivity index (χ1v) is 22.5. The van der Waals surface area contributed by atoms with Gasteiger partial charge in [-0.05, 0) is 18.8 Å². The molecule has 0 aliphatic carbocycles. The van der Waals surface area contributed by atoms with E-state index in [1.54, 1.807) is 0 Å². The molecule has 0 saturated carbocycles. The monoisotopic (exact) mass is 763 g/mol. The van der Waals surface area contributed by atoms with E-state index in [1.807, 2.05) is 4.90 Å². The highest BCUT2D eigenvalue weighted by molar-refractivity contribution is 6.56. The minimum Gasteiger partial charge on any atom is -0.539 e. The molecule has 0 amide bonds. The predicted octanol–water partition coefficient (Wildman–Crippen LogP) is -3.31. The second-order valence-electron chi connectivity index (χ2n) is 13.2. The van der Waals surface area contributed by atoms with Crippen LogP contribution in [-0.4, -0.2) is 201 Å². The normalized spacial score (nSPS) is 15.2. The van der Waals surface area contributed by atoms with Gasteiger partial charge in [-0.15, -0.1) is 0 Å². The first-order chi connectivity index (χ1) is 23.7. The maximum Gasteiger partial charge on any atom is 0.492 e. The van der Waals surface area contributed by atoms with Crippen LogP contribution >= 0.6 is 0 Å². The van der Waals surface area contributed by atoms with Crippen LogP contribution in [0.5, 0.6) is 0 Å². The van der Waals surface area contributed by atoms with Crippen LogP contribution < -0.4 is 16.4 Å². The van der Waals surface area contributed by atoms with Gasteiger partial charge in [0.15, 0.2) is 0 Å². The molecule has 0 aromatic heterocycles. The topological polar surface area (TPSA) is 266 Å². The van der Waals surface area contributed by atoms with E-state index in [0.29, 0.717) is 97.4 Å². The molecule has 0 aliphatic heterocycles. The smallest absolute Gasteiger partial charge is 0.492 e. The first kappa shape index (κ1) is 49.8. The van der Waals surface area contributed by atoms with E-state index in [2.05, 4.69) is 29.4 Å². The van der Waals surface area contributed by atoms with E-state index in [-0.39, 0.29) is 45.1 Å².